The summed E-state index contributed by atoms with van der Waals surface area (Å²) in [5, 5.41) is 27.7. The summed E-state index contributed by atoms with van der Waals surface area (Å²) in [6.07, 6.45) is -8.52. The summed E-state index contributed by atoms with van der Waals surface area (Å²) < 4.78 is 68.8. The number of aliphatic carboxylic acids is 1. The first-order valence-corrected chi connectivity index (χ1v) is 11.8. The molecule has 0 spiro atoms. The van der Waals surface area contributed by atoms with E-state index >= 15 is 0 Å². The number of nitrogens with two attached hydrogens (primary N) is 3. The van der Waals surface area contributed by atoms with Crippen LogP contribution in [0.15, 0.2) is 12.7 Å². The van der Waals surface area contributed by atoms with E-state index in [2.05, 4.69) is 19.1 Å². The lowest BCUT2D eigenvalue weighted by molar-refractivity contribution is -0.192. The third kappa shape index (κ3) is 8.39. The molecule has 1 fully saturated rings. The third-order valence-electron chi connectivity index (χ3n) is 4.89. The van der Waals surface area contributed by atoms with Crippen molar-refractivity contribution in [3.8, 4) is 0 Å². The molecule has 2 amide bonds. The van der Waals surface area contributed by atoms with Gasteiger partial charge in [0.15, 0.2) is 17.7 Å². The fraction of sp³-hybridized carbons (Fsp3) is 0.529. The number of aliphatic hydroxyl groups is 2. The molecular weight excluding hydrogens is 565 g/mol. The van der Waals surface area contributed by atoms with Crippen molar-refractivity contribution in [2.24, 2.45) is 11.5 Å². The molecule has 0 aliphatic carbocycles. The van der Waals surface area contributed by atoms with E-state index in [-0.39, 0.29) is 29.8 Å². The molecule has 3 heterocycles. The van der Waals surface area contributed by atoms with Gasteiger partial charge in [-0.15, -0.1) is 0 Å². The molecule has 1 aliphatic rings. The Morgan fingerprint density at radius 2 is 1.82 bits per heavy atom. The number of halogens is 3. The molecule has 0 saturated carbocycles. The van der Waals surface area contributed by atoms with E-state index in [1.54, 1.807) is 4.72 Å². The van der Waals surface area contributed by atoms with Crippen molar-refractivity contribution < 1.29 is 60.2 Å². The zero-order valence-corrected chi connectivity index (χ0v) is 20.2. The predicted molar refractivity (Wildman–Crippen MR) is 119 cm³/mol. The summed E-state index contributed by atoms with van der Waals surface area (Å²) in [6, 6.07) is -1.32. The van der Waals surface area contributed by atoms with Crippen molar-refractivity contribution in [1.82, 2.24) is 24.2 Å². The number of carboxylic acid groups (broad SMARTS) is 1. The lowest BCUT2D eigenvalue weighted by Crippen LogP contribution is -2.45. The van der Waals surface area contributed by atoms with Crippen LogP contribution in [0.5, 0.6) is 0 Å². The minimum absolute atomic E-state index is 0.0949. The molecule has 218 valence electrons. The number of nitrogens with zero attached hydrogens (tertiary/aromatic N) is 4. The predicted octanol–water partition coefficient (Wildman–Crippen LogP) is -3.37. The Kier molecular flexibility index (Phi) is 10.1. The van der Waals surface area contributed by atoms with Crippen LogP contribution >= 0.6 is 0 Å². The highest BCUT2D eigenvalue weighted by Gasteiger charge is 2.45. The lowest BCUT2D eigenvalue weighted by atomic mass is 10.1. The average Bonchev–Trinajstić information content (AvgIpc) is 3.37. The van der Waals surface area contributed by atoms with Crippen LogP contribution in [0.25, 0.3) is 11.2 Å². The molecule has 18 nitrogen and oxygen atoms in total. The number of rotatable bonds is 9. The second-order valence-corrected chi connectivity index (χ2v) is 9.10. The number of ether oxygens (including phenoxy) is 1. The maximum Gasteiger partial charge on any atom is 0.490 e. The number of hydrogen-bond acceptors (Lipinski definition) is 14. The number of aromatic nitrogens is 4. The lowest BCUT2D eigenvalue weighted by Gasteiger charge is -2.16. The summed E-state index contributed by atoms with van der Waals surface area (Å²) in [6.45, 7) is -0.738. The van der Waals surface area contributed by atoms with E-state index in [4.69, 9.17) is 31.8 Å². The largest absolute Gasteiger partial charge is 0.490 e. The van der Waals surface area contributed by atoms with Gasteiger partial charge in [-0.2, -0.15) is 21.6 Å². The quantitative estimate of drug-likeness (QED) is 0.150. The third-order valence-corrected chi connectivity index (χ3v) is 5.79. The normalized spacial score (nSPS) is 22.1. The molecule has 0 unspecified atom stereocenters. The Balaban J connectivity index is 0.000000673. The van der Waals surface area contributed by atoms with Crippen molar-refractivity contribution >= 4 is 45.1 Å². The SMILES string of the molecule is NC(=O)CC[C@H](N)C(=O)NS(=O)(=O)OC[C@H]1O[C@@H](n2cnc3c(N)ncnc32)[C@H](O)[C@@H]1O.O=C(O)C(F)(F)F. The van der Waals surface area contributed by atoms with E-state index in [1.165, 1.54) is 17.2 Å². The Bertz CT molecular complexity index is 1310. The molecule has 0 bridgehead atoms. The highest BCUT2D eigenvalue weighted by Crippen LogP contribution is 2.32. The summed E-state index contributed by atoms with van der Waals surface area (Å²) in [5.74, 6) is -4.48. The monoisotopic (exact) mass is 588 g/mol. The maximum atomic E-state index is 12.0. The van der Waals surface area contributed by atoms with Crippen LogP contribution in [-0.2, 0) is 33.6 Å². The first-order valence-electron chi connectivity index (χ1n) is 10.4. The highest BCUT2D eigenvalue weighted by atomic mass is 32.2. The van der Waals surface area contributed by atoms with Gasteiger partial charge in [0.05, 0.1) is 19.0 Å². The molecule has 5 atom stereocenters. The van der Waals surface area contributed by atoms with Crippen LogP contribution in [-0.4, -0.2) is 98.2 Å². The topological polar surface area (TPSA) is 298 Å². The average molecular weight is 588 g/mol. The molecular formula is C17H23F3N8O10S. The maximum absolute atomic E-state index is 12.0. The summed E-state index contributed by atoms with van der Waals surface area (Å²) >= 11 is 0. The van der Waals surface area contributed by atoms with Crippen molar-refractivity contribution in [2.75, 3.05) is 12.3 Å². The zero-order chi connectivity index (χ0) is 29.7. The number of amides is 2. The van der Waals surface area contributed by atoms with Gasteiger partial charge in [0, 0.05) is 6.42 Å². The number of alkyl halides is 3. The van der Waals surface area contributed by atoms with Gasteiger partial charge in [0.2, 0.25) is 5.91 Å². The second kappa shape index (κ2) is 12.4. The molecule has 0 aromatic carbocycles. The molecule has 1 aliphatic heterocycles. The van der Waals surface area contributed by atoms with Crippen molar-refractivity contribution in [3.63, 3.8) is 0 Å². The van der Waals surface area contributed by atoms with Crippen LogP contribution in [0.3, 0.4) is 0 Å². The molecule has 2 aromatic heterocycles. The second-order valence-electron chi connectivity index (χ2n) is 7.75. The zero-order valence-electron chi connectivity index (χ0n) is 19.4. The van der Waals surface area contributed by atoms with Crippen molar-refractivity contribution in [3.05, 3.63) is 12.7 Å². The number of anilines is 1. The smallest absolute Gasteiger partial charge is 0.475 e. The fourth-order valence-electron chi connectivity index (χ4n) is 2.97. The van der Waals surface area contributed by atoms with Crippen LogP contribution in [0.1, 0.15) is 19.1 Å². The van der Waals surface area contributed by atoms with E-state index in [9.17, 15) is 41.4 Å². The van der Waals surface area contributed by atoms with Crippen molar-refractivity contribution in [1.29, 1.82) is 0 Å². The summed E-state index contributed by atoms with van der Waals surface area (Å²) in [5.41, 5.74) is 16.6. The van der Waals surface area contributed by atoms with Gasteiger partial charge in [0.1, 0.15) is 30.2 Å². The van der Waals surface area contributed by atoms with Gasteiger partial charge in [-0.3, -0.25) is 18.3 Å². The van der Waals surface area contributed by atoms with E-state index < -0.39 is 71.5 Å². The molecule has 39 heavy (non-hydrogen) atoms. The number of imidazole rings is 1. The van der Waals surface area contributed by atoms with Gasteiger partial charge >= 0.3 is 22.4 Å². The van der Waals surface area contributed by atoms with E-state index in [0.29, 0.717) is 0 Å². The Morgan fingerprint density at radius 1 is 1.21 bits per heavy atom. The van der Waals surface area contributed by atoms with Crippen LogP contribution in [0.4, 0.5) is 19.0 Å². The first kappa shape index (κ1) is 31.5. The highest BCUT2D eigenvalue weighted by molar-refractivity contribution is 7.85. The molecule has 0 radical (unpaired) electrons. The Labute approximate surface area is 216 Å². The van der Waals surface area contributed by atoms with E-state index in [0.717, 1.165) is 0 Å². The number of carbonyl (C=O) groups excluding carboxylic acids is 2. The Morgan fingerprint density at radius 3 is 2.38 bits per heavy atom. The number of primary amides is 1. The number of fused-ring (bicyclic) bond motifs is 1. The number of hydrogen-bond donors (Lipinski definition) is 7. The number of nitrogen functional groups attached to an aromatic ring is 1. The molecule has 2 aromatic rings. The van der Waals surface area contributed by atoms with Gasteiger partial charge < -0.3 is 37.3 Å². The Hall–Kier alpha value is -3.70. The van der Waals surface area contributed by atoms with E-state index in [1.807, 2.05) is 0 Å². The van der Waals surface area contributed by atoms with Gasteiger partial charge in [-0.1, -0.05) is 0 Å². The van der Waals surface area contributed by atoms with Crippen LogP contribution in [0.2, 0.25) is 0 Å². The number of aliphatic hydroxyl groups excluding tert-OH is 2. The van der Waals surface area contributed by atoms with Gasteiger partial charge in [-0.05, 0) is 6.42 Å². The van der Waals surface area contributed by atoms with Crippen molar-refractivity contribution in [2.45, 2.75) is 49.6 Å². The molecule has 22 heteroatoms. The summed E-state index contributed by atoms with van der Waals surface area (Å²) in [4.78, 5) is 43.3. The summed E-state index contributed by atoms with van der Waals surface area (Å²) in [7, 11) is -4.63. The molecule has 10 N–H and O–H groups in total. The number of nitrogens with one attached hydrogen (secondary N) is 1. The minimum Gasteiger partial charge on any atom is -0.475 e. The number of carboxylic acids is 1. The van der Waals surface area contributed by atoms with Crippen LogP contribution < -0.4 is 21.9 Å². The fourth-order valence-corrected chi connectivity index (χ4v) is 3.74. The first-order chi connectivity index (χ1) is 17.9. The standard InChI is InChI=1S/C15H22N8O8S.C2HF3O2/c16-6(1-2-8(17)24)14(27)22-32(28,29)30-3-7-10(25)11(26)15(31-7)23-5-21-9-12(18)19-4-20-13(9)23;3-2(4,5)1(6)7/h4-7,10-11,15,25-26H,1-3,16H2,(H2,17,24)(H,22,27)(H2,18,19,20);(H,6,7)/t6-,7+,10+,11+,15+;/m0./s1. The number of carbonyl (C=O) groups is 3. The molecule has 1 saturated heterocycles. The van der Waals surface area contributed by atoms with Crippen LogP contribution in [0, 0.1) is 0 Å². The van der Waals surface area contributed by atoms with Gasteiger partial charge in [-0.25, -0.2) is 24.5 Å². The minimum atomic E-state index is -5.08. The molecule has 3 rings (SSSR count). The van der Waals surface area contributed by atoms with Gasteiger partial charge in [0.25, 0.3) is 5.91 Å².